The summed E-state index contributed by atoms with van der Waals surface area (Å²) in [6.45, 7) is 6.18. The summed E-state index contributed by atoms with van der Waals surface area (Å²) in [5.74, 6) is 0.737. The van der Waals surface area contributed by atoms with Gasteiger partial charge in [-0.3, -0.25) is 9.59 Å². The SMILES string of the molecule is CC(=O)NC(=S)Nc1ccc(NC(=O)c2ccc(OCC(C)C)cc2)cc1. The van der Waals surface area contributed by atoms with Crippen molar-refractivity contribution in [1.82, 2.24) is 5.32 Å². The predicted molar refractivity (Wildman–Crippen MR) is 111 cm³/mol. The van der Waals surface area contributed by atoms with E-state index in [1.54, 1.807) is 48.5 Å². The van der Waals surface area contributed by atoms with E-state index in [-0.39, 0.29) is 16.9 Å². The van der Waals surface area contributed by atoms with Crippen LogP contribution < -0.4 is 20.7 Å². The number of benzene rings is 2. The minimum Gasteiger partial charge on any atom is -0.493 e. The van der Waals surface area contributed by atoms with Crippen LogP contribution in [0.3, 0.4) is 0 Å². The first-order valence-corrected chi connectivity index (χ1v) is 8.97. The Labute approximate surface area is 164 Å². The van der Waals surface area contributed by atoms with Gasteiger partial charge in [0.25, 0.3) is 5.91 Å². The number of ether oxygens (including phenoxy) is 1. The molecule has 0 saturated carbocycles. The number of carbonyl (C=O) groups excluding carboxylic acids is 2. The fourth-order valence-corrected chi connectivity index (χ4v) is 2.39. The molecule has 2 amide bonds. The average molecular weight is 385 g/mol. The molecule has 3 N–H and O–H groups in total. The molecule has 0 aromatic heterocycles. The quantitative estimate of drug-likeness (QED) is 0.659. The number of hydrogen-bond acceptors (Lipinski definition) is 4. The van der Waals surface area contributed by atoms with Crippen LogP contribution in [0.1, 0.15) is 31.1 Å². The van der Waals surface area contributed by atoms with Gasteiger partial charge in [0.1, 0.15) is 5.75 Å². The molecule has 0 spiro atoms. The van der Waals surface area contributed by atoms with Crippen LogP contribution in [0, 0.1) is 5.92 Å². The third-order valence-corrected chi connectivity index (χ3v) is 3.59. The van der Waals surface area contributed by atoms with Crippen LogP contribution in [-0.4, -0.2) is 23.5 Å². The standard InChI is InChI=1S/C20H23N3O3S/c1-13(2)12-26-18-10-4-15(5-11-18)19(25)22-16-6-8-17(9-7-16)23-20(27)21-14(3)24/h4-11,13H,12H2,1-3H3,(H,22,25)(H2,21,23,24,27). The van der Waals surface area contributed by atoms with Crippen LogP contribution in [0.4, 0.5) is 11.4 Å². The Kier molecular flexibility index (Phi) is 7.31. The molecule has 142 valence electrons. The fourth-order valence-electron chi connectivity index (χ4n) is 2.13. The summed E-state index contributed by atoms with van der Waals surface area (Å²) in [6, 6.07) is 14.0. The lowest BCUT2D eigenvalue weighted by Gasteiger charge is -2.11. The lowest BCUT2D eigenvalue weighted by atomic mass is 10.2. The van der Waals surface area contributed by atoms with Gasteiger partial charge < -0.3 is 20.7 Å². The maximum absolute atomic E-state index is 12.3. The summed E-state index contributed by atoms with van der Waals surface area (Å²) in [5, 5.41) is 8.42. The molecule has 0 fully saturated rings. The first-order chi connectivity index (χ1) is 12.8. The van der Waals surface area contributed by atoms with E-state index in [1.807, 2.05) is 0 Å². The van der Waals surface area contributed by atoms with E-state index in [0.717, 1.165) is 5.75 Å². The lowest BCUT2D eigenvalue weighted by molar-refractivity contribution is -0.117. The van der Waals surface area contributed by atoms with Crippen molar-refractivity contribution < 1.29 is 14.3 Å². The number of thiocarbonyl (C=S) groups is 1. The van der Waals surface area contributed by atoms with Crippen molar-refractivity contribution in [3.63, 3.8) is 0 Å². The van der Waals surface area contributed by atoms with E-state index in [2.05, 4.69) is 29.8 Å². The zero-order valence-corrected chi connectivity index (χ0v) is 16.4. The molecule has 27 heavy (non-hydrogen) atoms. The van der Waals surface area contributed by atoms with Crippen molar-refractivity contribution in [2.24, 2.45) is 5.92 Å². The number of rotatable bonds is 6. The van der Waals surface area contributed by atoms with E-state index in [1.165, 1.54) is 6.92 Å². The van der Waals surface area contributed by atoms with Gasteiger partial charge in [0.15, 0.2) is 5.11 Å². The maximum atomic E-state index is 12.3. The molecule has 6 nitrogen and oxygen atoms in total. The van der Waals surface area contributed by atoms with E-state index in [9.17, 15) is 9.59 Å². The molecule has 0 atom stereocenters. The van der Waals surface area contributed by atoms with Crippen LogP contribution in [0.15, 0.2) is 48.5 Å². The molecule has 0 aliphatic heterocycles. The molecule has 0 aliphatic rings. The summed E-state index contributed by atoms with van der Waals surface area (Å²) >= 11 is 5.00. The highest BCUT2D eigenvalue weighted by atomic mass is 32.1. The van der Waals surface area contributed by atoms with Crippen molar-refractivity contribution >= 4 is 40.5 Å². The monoisotopic (exact) mass is 385 g/mol. The van der Waals surface area contributed by atoms with Gasteiger partial charge in [-0.15, -0.1) is 0 Å². The van der Waals surface area contributed by atoms with Crippen LogP contribution in [-0.2, 0) is 4.79 Å². The number of anilines is 2. The highest BCUT2D eigenvalue weighted by Crippen LogP contribution is 2.17. The number of carbonyl (C=O) groups is 2. The summed E-state index contributed by atoms with van der Waals surface area (Å²) in [6.07, 6.45) is 0. The summed E-state index contributed by atoms with van der Waals surface area (Å²) in [4.78, 5) is 23.3. The maximum Gasteiger partial charge on any atom is 0.255 e. The molecule has 0 aliphatic carbocycles. The normalized spacial score (nSPS) is 10.2. The van der Waals surface area contributed by atoms with Gasteiger partial charge in [-0.1, -0.05) is 13.8 Å². The zero-order valence-electron chi connectivity index (χ0n) is 15.5. The van der Waals surface area contributed by atoms with Crippen LogP contribution in [0.2, 0.25) is 0 Å². The predicted octanol–water partition coefficient (Wildman–Crippen LogP) is 3.81. The van der Waals surface area contributed by atoms with Crippen molar-refractivity contribution in [3.8, 4) is 5.75 Å². The molecule has 0 bridgehead atoms. The second-order valence-corrected chi connectivity index (χ2v) is 6.80. The summed E-state index contributed by atoms with van der Waals surface area (Å²) < 4.78 is 5.61. The van der Waals surface area contributed by atoms with Gasteiger partial charge in [-0.2, -0.15) is 0 Å². The van der Waals surface area contributed by atoms with Gasteiger partial charge in [-0.25, -0.2) is 0 Å². The third kappa shape index (κ3) is 7.07. The largest absolute Gasteiger partial charge is 0.493 e. The molecule has 7 heteroatoms. The topological polar surface area (TPSA) is 79.5 Å². The molecular weight excluding hydrogens is 362 g/mol. The van der Waals surface area contributed by atoms with Gasteiger partial charge in [0, 0.05) is 23.9 Å². The summed E-state index contributed by atoms with van der Waals surface area (Å²) in [7, 11) is 0. The first-order valence-electron chi connectivity index (χ1n) is 8.56. The fraction of sp³-hybridized carbons (Fsp3) is 0.250. The van der Waals surface area contributed by atoms with Crippen LogP contribution in [0.5, 0.6) is 5.75 Å². The Morgan fingerprint density at radius 3 is 2.04 bits per heavy atom. The van der Waals surface area contributed by atoms with Crippen LogP contribution >= 0.6 is 12.2 Å². The van der Waals surface area contributed by atoms with Crippen LogP contribution in [0.25, 0.3) is 0 Å². The smallest absolute Gasteiger partial charge is 0.255 e. The van der Waals surface area contributed by atoms with Crippen molar-refractivity contribution in [2.75, 3.05) is 17.2 Å². The second-order valence-electron chi connectivity index (χ2n) is 6.40. The molecule has 2 aromatic rings. The van der Waals surface area contributed by atoms with E-state index in [4.69, 9.17) is 17.0 Å². The van der Waals surface area contributed by atoms with Gasteiger partial charge in [0.2, 0.25) is 5.91 Å². The molecule has 2 rings (SSSR count). The highest BCUT2D eigenvalue weighted by molar-refractivity contribution is 7.80. The van der Waals surface area contributed by atoms with Gasteiger partial charge in [-0.05, 0) is 66.7 Å². The third-order valence-electron chi connectivity index (χ3n) is 3.39. The summed E-state index contributed by atoms with van der Waals surface area (Å²) in [5.41, 5.74) is 1.90. The van der Waals surface area contributed by atoms with Crippen molar-refractivity contribution in [1.29, 1.82) is 0 Å². The number of nitrogens with one attached hydrogen (secondary N) is 3. The molecular formula is C20H23N3O3S. The minimum absolute atomic E-state index is 0.208. The highest BCUT2D eigenvalue weighted by Gasteiger charge is 2.07. The molecule has 0 radical (unpaired) electrons. The Morgan fingerprint density at radius 1 is 0.963 bits per heavy atom. The minimum atomic E-state index is -0.239. The zero-order chi connectivity index (χ0) is 19.8. The van der Waals surface area contributed by atoms with E-state index >= 15 is 0 Å². The molecule has 0 heterocycles. The van der Waals surface area contributed by atoms with Gasteiger partial charge in [0.05, 0.1) is 6.61 Å². The molecule has 0 unspecified atom stereocenters. The Balaban J connectivity index is 1.91. The molecule has 0 saturated heterocycles. The van der Waals surface area contributed by atoms with Crippen molar-refractivity contribution in [2.45, 2.75) is 20.8 Å². The number of amides is 2. The Hall–Kier alpha value is -2.93. The lowest BCUT2D eigenvalue weighted by Crippen LogP contribution is -2.32. The Bertz CT molecular complexity index is 802. The van der Waals surface area contributed by atoms with E-state index < -0.39 is 0 Å². The Morgan fingerprint density at radius 2 is 1.52 bits per heavy atom. The average Bonchev–Trinajstić information content (AvgIpc) is 2.61. The van der Waals surface area contributed by atoms with E-state index in [0.29, 0.717) is 29.5 Å². The second kappa shape index (κ2) is 9.68. The number of hydrogen-bond donors (Lipinski definition) is 3. The van der Waals surface area contributed by atoms with Gasteiger partial charge >= 0.3 is 0 Å². The molecule has 2 aromatic carbocycles. The van der Waals surface area contributed by atoms with Crippen molar-refractivity contribution in [3.05, 3.63) is 54.1 Å². The first kappa shape index (κ1) is 20.4.